The van der Waals surface area contributed by atoms with Crippen molar-refractivity contribution < 1.29 is 8.42 Å². The molecule has 0 N–H and O–H groups in total. The van der Waals surface area contributed by atoms with E-state index in [-0.39, 0.29) is 5.41 Å². The van der Waals surface area contributed by atoms with Crippen LogP contribution in [-0.2, 0) is 9.84 Å². The van der Waals surface area contributed by atoms with Crippen LogP contribution in [0.2, 0.25) is 0 Å². The fourth-order valence-electron chi connectivity index (χ4n) is 1.12. The van der Waals surface area contributed by atoms with Crippen molar-refractivity contribution >= 4 is 25.8 Å². The van der Waals surface area contributed by atoms with Gasteiger partial charge in [-0.2, -0.15) is 0 Å². The minimum absolute atomic E-state index is 0.255. The lowest BCUT2D eigenvalue weighted by molar-refractivity contribution is 0.379. The number of alkyl halides is 1. The summed E-state index contributed by atoms with van der Waals surface area (Å²) in [4.78, 5) is 0.467. The number of sulfone groups is 1. The second kappa shape index (κ2) is 5.50. The van der Waals surface area contributed by atoms with Crippen LogP contribution in [-0.4, -0.2) is 25.3 Å². The first-order valence-corrected chi connectivity index (χ1v) is 7.92. The van der Waals surface area contributed by atoms with Gasteiger partial charge in [-0.05, 0) is 18.3 Å². The molecule has 86 valence electrons. The number of rotatable bonds is 5. The maximum atomic E-state index is 10.9. The van der Waals surface area contributed by atoms with Crippen LogP contribution in [0.15, 0.2) is 0 Å². The summed E-state index contributed by atoms with van der Waals surface area (Å²) in [5.41, 5.74) is 0.255. The molecular formula is C10H21BrO2S. The van der Waals surface area contributed by atoms with Gasteiger partial charge >= 0.3 is 0 Å². The normalized spacial score (nSPS) is 15.5. The molecule has 0 aliphatic heterocycles. The molecule has 0 aromatic heterocycles. The van der Waals surface area contributed by atoms with E-state index in [0.717, 1.165) is 19.3 Å². The first-order chi connectivity index (χ1) is 6.13. The average Bonchev–Trinajstić information content (AvgIpc) is 1.93. The van der Waals surface area contributed by atoms with Crippen LogP contribution in [0.4, 0.5) is 0 Å². The molecule has 0 radical (unpaired) electrons. The van der Waals surface area contributed by atoms with E-state index in [2.05, 4.69) is 36.7 Å². The van der Waals surface area contributed by atoms with Crippen molar-refractivity contribution in [2.75, 3.05) is 12.0 Å². The van der Waals surface area contributed by atoms with Crippen LogP contribution in [0.3, 0.4) is 0 Å². The Labute approximate surface area is 96.5 Å². The van der Waals surface area contributed by atoms with Crippen molar-refractivity contribution in [3.8, 4) is 0 Å². The largest absolute Gasteiger partial charge is 0.229 e. The van der Waals surface area contributed by atoms with Crippen LogP contribution in [0.5, 0.6) is 0 Å². The maximum absolute atomic E-state index is 10.9. The maximum Gasteiger partial charge on any atom is 0.147 e. The Balaban J connectivity index is 3.66. The zero-order chi connectivity index (χ0) is 11.4. The van der Waals surface area contributed by atoms with E-state index in [4.69, 9.17) is 0 Å². The highest BCUT2D eigenvalue weighted by molar-refractivity contribution is 9.09. The topological polar surface area (TPSA) is 34.1 Å². The van der Waals surface area contributed by atoms with E-state index in [1.54, 1.807) is 0 Å². The Hall–Kier alpha value is 0.430. The van der Waals surface area contributed by atoms with Gasteiger partial charge in [0.05, 0.1) is 0 Å². The highest BCUT2D eigenvalue weighted by Gasteiger charge is 2.20. The Bertz CT molecular complexity index is 252. The minimum Gasteiger partial charge on any atom is -0.229 e. The highest BCUT2D eigenvalue weighted by Crippen LogP contribution is 2.29. The van der Waals surface area contributed by atoms with Crippen LogP contribution in [0.1, 0.15) is 40.0 Å². The summed E-state index contributed by atoms with van der Waals surface area (Å²) < 4.78 is 21.7. The van der Waals surface area contributed by atoms with E-state index in [0.29, 0.717) is 10.6 Å². The van der Waals surface area contributed by atoms with Crippen molar-refractivity contribution in [1.82, 2.24) is 0 Å². The van der Waals surface area contributed by atoms with Gasteiger partial charge in [-0.3, -0.25) is 0 Å². The van der Waals surface area contributed by atoms with Crippen molar-refractivity contribution in [2.45, 2.75) is 44.9 Å². The lowest BCUT2D eigenvalue weighted by Crippen LogP contribution is -2.20. The van der Waals surface area contributed by atoms with Crippen molar-refractivity contribution in [1.29, 1.82) is 0 Å². The number of unbranched alkanes of at least 4 members (excludes halogenated alkanes) is 1. The first-order valence-electron chi connectivity index (χ1n) is 4.95. The standard InChI is InChI=1S/C10H21BrO2S/c1-10(2,3)9(11)7-5-6-8-14(4,12)13/h9H,5-8H2,1-4H3. The third kappa shape index (κ3) is 7.80. The van der Waals surface area contributed by atoms with Crippen LogP contribution in [0.25, 0.3) is 0 Å². The number of hydrogen-bond donors (Lipinski definition) is 0. The molecule has 0 saturated carbocycles. The van der Waals surface area contributed by atoms with Crippen molar-refractivity contribution in [3.63, 3.8) is 0 Å². The molecule has 0 bridgehead atoms. The highest BCUT2D eigenvalue weighted by atomic mass is 79.9. The number of halogens is 1. The molecule has 0 heterocycles. The SMILES string of the molecule is CC(C)(C)C(Br)CCCCS(C)(=O)=O. The summed E-state index contributed by atoms with van der Waals surface area (Å²) in [6, 6.07) is 0. The molecule has 0 amide bonds. The summed E-state index contributed by atoms with van der Waals surface area (Å²) >= 11 is 3.63. The molecule has 0 aliphatic carbocycles. The monoisotopic (exact) mass is 284 g/mol. The van der Waals surface area contributed by atoms with Gasteiger partial charge in [0.1, 0.15) is 9.84 Å². The van der Waals surface area contributed by atoms with E-state index in [9.17, 15) is 8.42 Å². The lowest BCUT2D eigenvalue weighted by atomic mass is 9.89. The average molecular weight is 285 g/mol. The molecule has 0 rings (SSSR count). The predicted molar refractivity (Wildman–Crippen MR) is 65.7 cm³/mol. The van der Waals surface area contributed by atoms with Gasteiger partial charge in [-0.15, -0.1) is 0 Å². The Morgan fingerprint density at radius 3 is 2.07 bits per heavy atom. The molecule has 2 nitrogen and oxygen atoms in total. The van der Waals surface area contributed by atoms with E-state index in [1.165, 1.54) is 6.26 Å². The quantitative estimate of drug-likeness (QED) is 0.575. The summed E-state index contributed by atoms with van der Waals surface area (Å²) in [6.07, 6.45) is 4.08. The van der Waals surface area contributed by atoms with Gasteiger partial charge in [0.25, 0.3) is 0 Å². The molecule has 0 aromatic rings. The second-order valence-corrected chi connectivity index (χ2v) is 8.32. The van der Waals surface area contributed by atoms with Gasteiger partial charge in [0.15, 0.2) is 0 Å². The van der Waals surface area contributed by atoms with Crippen LogP contribution < -0.4 is 0 Å². The zero-order valence-electron chi connectivity index (χ0n) is 9.51. The molecule has 0 fully saturated rings. The van der Waals surface area contributed by atoms with E-state index < -0.39 is 9.84 Å². The Kier molecular flexibility index (Phi) is 5.67. The fraction of sp³-hybridized carbons (Fsp3) is 1.00. The molecule has 0 aliphatic rings. The van der Waals surface area contributed by atoms with Gasteiger partial charge in [-0.25, -0.2) is 8.42 Å². The summed E-state index contributed by atoms with van der Waals surface area (Å²) in [6.45, 7) is 6.55. The third-order valence-electron chi connectivity index (χ3n) is 2.16. The Morgan fingerprint density at radius 2 is 1.71 bits per heavy atom. The smallest absolute Gasteiger partial charge is 0.147 e. The molecular weight excluding hydrogens is 264 g/mol. The minimum atomic E-state index is -2.77. The lowest BCUT2D eigenvalue weighted by Gasteiger charge is -2.25. The second-order valence-electron chi connectivity index (χ2n) is 4.96. The summed E-state index contributed by atoms with van der Waals surface area (Å²) in [7, 11) is -2.77. The van der Waals surface area contributed by atoms with Crippen molar-refractivity contribution in [3.05, 3.63) is 0 Å². The van der Waals surface area contributed by atoms with Gasteiger partial charge in [0.2, 0.25) is 0 Å². The molecule has 1 atom stereocenters. The Morgan fingerprint density at radius 1 is 1.21 bits per heavy atom. The first kappa shape index (κ1) is 14.4. The van der Waals surface area contributed by atoms with Crippen LogP contribution in [0, 0.1) is 5.41 Å². The predicted octanol–water partition coefficient (Wildman–Crippen LogP) is 3.01. The zero-order valence-corrected chi connectivity index (χ0v) is 11.9. The molecule has 0 spiro atoms. The van der Waals surface area contributed by atoms with Crippen LogP contribution >= 0.6 is 15.9 Å². The molecule has 0 aromatic carbocycles. The van der Waals surface area contributed by atoms with Gasteiger partial charge in [-0.1, -0.05) is 43.1 Å². The van der Waals surface area contributed by atoms with Crippen molar-refractivity contribution in [2.24, 2.45) is 5.41 Å². The fourth-order valence-corrected chi connectivity index (χ4v) is 2.17. The van der Waals surface area contributed by atoms with E-state index >= 15 is 0 Å². The molecule has 0 saturated heterocycles. The molecule has 14 heavy (non-hydrogen) atoms. The summed E-state index contributed by atoms with van der Waals surface area (Å²) in [5.74, 6) is 0.316. The molecule has 1 unspecified atom stereocenters. The molecule has 4 heteroatoms. The summed E-state index contributed by atoms with van der Waals surface area (Å²) in [5, 5.41) is 0. The number of hydrogen-bond acceptors (Lipinski definition) is 2. The van der Waals surface area contributed by atoms with Gasteiger partial charge in [0, 0.05) is 16.8 Å². The third-order valence-corrected chi connectivity index (χ3v) is 5.02. The van der Waals surface area contributed by atoms with Gasteiger partial charge < -0.3 is 0 Å². The van der Waals surface area contributed by atoms with E-state index in [1.807, 2.05) is 0 Å².